The highest BCUT2D eigenvalue weighted by molar-refractivity contribution is 6.06. The fraction of sp³-hybridized carbons (Fsp3) is 0.441. The van der Waals surface area contributed by atoms with E-state index in [9.17, 15) is 19.5 Å². The van der Waals surface area contributed by atoms with Crippen LogP contribution in [0.15, 0.2) is 72.8 Å². The molecule has 42 heavy (non-hydrogen) atoms. The monoisotopic (exact) mass is 569 g/mol. The van der Waals surface area contributed by atoms with Gasteiger partial charge in [0.05, 0.1) is 17.4 Å². The zero-order valence-electron chi connectivity index (χ0n) is 24.5. The Balaban J connectivity index is 1.44. The second-order valence-corrected chi connectivity index (χ2v) is 12.2. The summed E-state index contributed by atoms with van der Waals surface area (Å²) in [7, 11) is 0. The van der Waals surface area contributed by atoms with Gasteiger partial charge in [-0.2, -0.15) is 0 Å². The van der Waals surface area contributed by atoms with Gasteiger partial charge >= 0.3 is 0 Å². The number of unbranched alkanes of at least 4 members (excludes halogenated alkanes) is 1. The number of aliphatic hydroxyl groups excluding tert-OH is 1. The van der Waals surface area contributed by atoms with Crippen LogP contribution >= 0.6 is 0 Å². The molecule has 5 atom stereocenters. The van der Waals surface area contributed by atoms with Crippen LogP contribution in [0.25, 0.3) is 0 Å². The highest BCUT2D eigenvalue weighted by atomic mass is 16.5. The molecule has 6 rings (SSSR count). The average molecular weight is 570 g/mol. The number of para-hydroxylation sites is 1. The van der Waals surface area contributed by atoms with Gasteiger partial charge in [-0.3, -0.25) is 14.4 Å². The van der Waals surface area contributed by atoms with E-state index in [-0.39, 0.29) is 24.3 Å². The number of benzene rings is 2. The van der Waals surface area contributed by atoms with Crippen molar-refractivity contribution in [2.45, 2.75) is 57.4 Å². The molecule has 2 aromatic carbocycles. The van der Waals surface area contributed by atoms with Crippen molar-refractivity contribution in [3.05, 3.63) is 89.5 Å². The van der Waals surface area contributed by atoms with E-state index in [0.29, 0.717) is 39.0 Å². The lowest BCUT2D eigenvalue weighted by molar-refractivity contribution is -0.148. The first-order chi connectivity index (χ1) is 20.2. The molecule has 8 heteroatoms. The Labute approximate surface area is 247 Å². The second-order valence-electron chi connectivity index (χ2n) is 12.2. The number of carbonyl (C=O) groups is 3. The van der Waals surface area contributed by atoms with E-state index < -0.39 is 29.1 Å². The number of carbonyl (C=O) groups excluding carboxylic acids is 3. The first-order valence-corrected chi connectivity index (χ1v) is 14.9. The van der Waals surface area contributed by atoms with E-state index >= 15 is 0 Å². The highest BCUT2D eigenvalue weighted by Gasteiger charge is 2.74. The first kappa shape index (κ1) is 28.4. The van der Waals surface area contributed by atoms with Crippen LogP contribution in [0.3, 0.4) is 0 Å². The number of hydrogen-bond donors (Lipinski definition) is 1. The van der Waals surface area contributed by atoms with Crippen molar-refractivity contribution >= 4 is 23.4 Å². The van der Waals surface area contributed by atoms with Gasteiger partial charge in [-0.1, -0.05) is 72.8 Å². The molecule has 0 aliphatic carbocycles. The van der Waals surface area contributed by atoms with Gasteiger partial charge in [0.25, 0.3) is 5.91 Å². The van der Waals surface area contributed by atoms with Crippen molar-refractivity contribution in [3.8, 4) is 0 Å². The lowest BCUT2D eigenvalue weighted by atomic mass is 9.74. The van der Waals surface area contributed by atoms with E-state index in [1.54, 1.807) is 14.7 Å². The molecule has 4 aliphatic rings. The molecule has 0 saturated carbocycles. The van der Waals surface area contributed by atoms with E-state index in [2.05, 4.69) is 0 Å². The van der Waals surface area contributed by atoms with Gasteiger partial charge in [0.15, 0.2) is 0 Å². The zero-order chi connectivity index (χ0) is 29.6. The molecular weight excluding hydrogens is 530 g/mol. The minimum atomic E-state index is -1.30. The summed E-state index contributed by atoms with van der Waals surface area (Å²) in [5, 5.41) is 9.48. The minimum Gasteiger partial charge on any atom is -0.396 e. The maximum absolute atomic E-state index is 14.7. The number of rotatable bonds is 7. The Morgan fingerprint density at radius 2 is 1.57 bits per heavy atom. The van der Waals surface area contributed by atoms with Gasteiger partial charge < -0.3 is 24.5 Å². The third-order valence-electron chi connectivity index (χ3n) is 9.37. The Morgan fingerprint density at radius 3 is 2.29 bits per heavy atom. The molecule has 2 fully saturated rings. The smallest absolute Gasteiger partial charge is 0.253 e. The molecule has 0 aromatic heterocycles. The van der Waals surface area contributed by atoms with Crippen molar-refractivity contribution in [3.63, 3.8) is 0 Å². The molecular formula is C34H39N3O5. The standard InChI is InChI=1S/C34H39N3O5/c1-23-12-9-13-24(2)28(23)36-20-11-17-34-27(31(40)37(19-7-8-21-38)29(34)32(36)41)26-30(39)35(18-10-16-33(26,3)42-34)22-25-14-5-4-6-15-25/h4-6,9-17,26-27,29,38H,7-8,18-22H2,1-3H3/t26-,27+,29?,33+,34+/m1/s1. The minimum absolute atomic E-state index is 0.00142. The summed E-state index contributed by atoms with van der Waals surface area (Å²) in [5.74, 6) is -2.24. The Hall–Kier alpha value is -3.75. The number of hydrogen-bond acceptors (Lipinski definition) is 5. The number of aryl methyl sites for hydroxylation is 2. The number of anilines is 1. The molecule has 4 aliphatic heterocycles. The van der Waals surface area contributed by atoms with E-state index in [1.165, 1.54) is 0 Å². The predicted octanol–water partition coefficient (Wildman–Crippen LogP) is 3.55. The Morgan fingerprint density at radius 1 is 0.857 bits per heavy atom. The number of amides is 3. The van der Waals surface area contributed by atoms with Crippen molar-refractivity contribution in [2.75, 3.05) is 31.1 Å². The molecule has 4 heterocycles. The molecule has 2 saturated heterocycles. The van der Waals surface area contributed by atoms with Crippen LogP contribution in [0.2, 0.25) is 0 Å². The van der Waals surface area contributed by atoms with Crippen molar-refractivity contribution in [1.82, 2.24) is 9.80 Å². The molecule has 0 radical (unpaired) electrons. The number of likely N-dealkylation sites (tertiary alicyclic amines) is 1. The summed E-state index contributed by atoms with van der Waals surface area (Å²) in [6.45, 7) is 7.31. The summed E-state index contributed by atoms with van der Waals surface area (Å²) in [6, 6.07) is 14.8. The summed E-state index contributed by atoms with van der Waals surface area (Å²) >= 11 is 0. The maximum Gasteiger partial charge on any atom is 0.253 e. The van der Waals surface area contributed by atoms with E-state index in [4.69, 9.17) is 4.74 Å². The molecule has 0 bridgehead atoms. The molecule has 1 N–H and O–H groups in total. The Bertz CT molecular complexity index is 1430. The Kier molecular flexibility index (Phi) is 7.31. The molecule has 2 aromatic rings. The second kappa shape index (κ2) is 10.8. The summed E-state index contributed by atoms with van der Waals surface area (Å²) < 4.78 is 6.94. The largest absolute Gasteiger partial charge is 0.396 e. The molecule has 8 nitrogen and oxygen atoms in total. The fourth-order valence-electron chi connectivity index (χ4n) is 7.58. The average Bonchev–Trinajstić information content (AvgIpc) is 3.23. The number of ether oxygens (including phenoxy) is 1. The fourth-order valence-corrected chi connectivity index (χ4v) is 7.58. The first-order valence-electron chi connectivity index (χ1n) is 14.9. The van der Waals surface area contributed by atoms with Crippen molar-refractivity contribution < 1.29 is 24.2 Å². The van der Waals surface area contributed by atoms with E-state index in [1.807, 2.05) is 93.6 Å². The van der Waals surface area contributed by atoms with Gasteiger partial charge in [0.1, 0.15) is 11.6 Å². The topological polar surface area (TPSA) is 90.4 Å². The van der Waals surface area contributed by atoms with Crippen LogP contribution in [0.5, 0.6) is 0 Å². The van der Waals surface area contributed by atoms with Crippen LogP contribution < -0.4 is 4.90 Å². The van der Waals surface area contributed by atoms with Crippen molar-refractivity contribution in [1.29, 1.82) is 0 Å². The van der Waals surface area contributed by atoms with Crippen LogP contribution in [0.4, 0.5) is 5.69 Å². The summed E-state index contributed by atoms with van der Waals surface area (Å²) in [5.41, 5.74) is 1.43. The lowest BCUT2D eigenvalue weighted by Gasteiger charge is -2.38. The van der Waals surface area contributed by atoms with Crippen LogP contribution in [-0.4, -0.2) is 76.1 Å². The van der Waals surface area contributed by atoms with E-state index in [0.717, 1.165) is 22.4 Å². The molecule has 3 amide bonds. The SMILES string of the molecule is Cc1cccc(C)c1N1CC=C[C@]23O[C@@]4(C)C=CCN(Cc5ccccc5)C(=O)[C@H]4[C@H]2C(=O)N(CCCCO)C3C1=O. The lowest BCUT2D eigenvalue weighted by Crippen LogP contribution is -2.56. The maximum atomic E-state index is 14.7. The summed E-state index contributed by atoms with van der Waals surface area (Å²) in [6.07, 6.45) is 8.72. The van der Waals surface area contributed by atoms with Crippen LogP contribution in [0.1, 0.15) is 36.5 Å². The highest BCUT2D eigenvalue weighted by Crippen LogP contribution is 2.57. The van der Waals surface area contributed by atoms with Gasteiger partial charge in [-0.25, -0.2) is 0 Å². The number of nitrogens with zero attached hydrogens (tertiary/aromatic N) is 3. The van der Waals surface area contributed by atoms with Crippen LogP contribution in [0, 0.1) is 25.7 Å². The molecule has 220 valence electrons. The van der Waals surface area contributed by atoms with Crippen LogP contribution in [-0.2, 0) is 25.7 Å². The summed E-state index contributed by atoms with van der Waals surface area (Å²) in [4.78, 5) is 48.7. The van der Waals surface area contributed by atoms with Gasteiger partial charge in [0, 0.05) is 38.5 Å². The number of aliphatic hydroxyl groups is 1. The quantitative estimate of drug-likeness (QED) is 0.407. The third kappa shape index (κ3) is 4.39. The third-order valence-corrected chi connectivity index (χ3v) is 9.37. The number of fused-ring (bicyclic) bond motifs is 2. The molecule has 1 unspecified atom stereocenters. The van der Waals surface area contributed by atoms with Gasteiger partial charge in [-0.05, 0) is 50.3 Å². The zero-order valence-corrected chi connectivity index (χ0v) is 24.5. The predicted molar refractivity (Wildman–Crippen MR) is 159 cm³/mol. The van der Waals surface area contributed by atoms with Gasteiger partial charge in [0.2, 0.25) is 11.8 Å². The normalized spacial score (nSPS) is 30.3. The van der Waals surface area contributed by atoms with Crippen molar-refractivity contribution in [2.24, 2.45) is 11.8 Å². The van der Waals surface area contributed by atoms with Gasteiger partial charge in [-0.15, -0.1) is 0 Å². The molecule has 1 spiro atoms.